The minimum atomic E-state index is -0.420. The summed E-state index contributed by atoms with van der Waals surface area (Å²) in [7, 11) is 0. The van der Waals surface area contributed by atoms with Crippen LogP contribution in [-0.4, -0.2) is 6.61 Å². The maximum absolute atomic E-state index is 14.8. The Hall–Kier alpha value is -2.06. The second kappa shape index (κ2) is 12.1. The molecular weight excluding hydrogens is 443 g/mol. The quantitative estimate of drug-likeness (QED) is 0.341. The average molecular weight is 481 g/mol. The van der Waals surface area contributed by atoms with E-state index in [0.717, 1.165) is 29.7 Å². The van der Waals surface area contributed by atoms with Crippen LogP contribution in [0.3, 0.4) is 0 Å². The Morgan fingerprint density at radius 1 is 0.971 bits per heavy atom. The van der Waals surface area contributed by atoms with Gasteiger partial charge in [0.25, 0.3) is 0 Å². The van der Waals surface area contributed by atoms with Gasteiger partial charge in [0.05, 0.1) is 6.61 Å². The summed E-state index contributed by atoms with van der Waals surface area (Å²) in [6, 6.07) is 11.8. The number of ether oxygens (including phenoxy) is 1. The Morgan fingerprint density at radius 3 is 2.35 bits per heavy atom. The Bertz CT molecular complexity index is 999. The van der Waals surface area contributed by atoms with Crippen molar-refractivity contribution in [2.45, 2.75) is 71.6 Å². The summed E-state index contributed by atoms with van der Waals surface area (Å²) in [6.45, 7) is 4.44. The van der Waals surface area contributed by atoms with Gasteiger partial charge in [-0.1, -0.05) is 66.9 Å². The number of allylic oxidation sites excluding steroid dienone is 4. The van der Waals surface area contributed by atoms with E-state index >= 15 is 0 Å². The second-order valence-corrected chi connectivity index (χ2v) is 10.3. The van der Waals surface area contributed by atoms with Gasteiger partial charge in [-0.25, -0.2) is 4.39 Å². The first kappa shape index (κ1) is 25.0. The van der Waals surface area contributed by atoms with E-state index in [2.05, 4.69) is 37.3 Å². The smallest absolute Gasteiger partial charge is 0.153 e. The van der Waals surface area contributed by atoms with Crippen LogP contribution in [0.5, 0.6) is 5.75 Å². The van der Waals surface area contributed by atoms with E-state index in [-0.39, 0.29) is 5.02 Å². The lowest BCUT2D eigenvalue weighted by atomic mass is 9.70. The highest BCUT2D eigenvalue weighted by Gasteiger charge is 2.28. The molecule has 0 spiro atoms. The third-order valence-corrected chi connectivity index (χ3v) is 8.25. The zero-order valence-electron chi connectivity index (χ0n) is 20.7. The normalized spacial score (nSPS) is 23.2. The molecule has 182 valence electrons. The van der Waals surface area contributed by atoms with Gasteiger partial charge in [0.1, 0.15) is 10.8 Å². The van der Waals surface area contributed by atoms with Crippen LogP contribution in [0.15, 0.2) is 54.6 Å². The van der Waals surface area contributed by atoms with Gasteiger partial charge in [0, 0.05) is 5.56 Å². The van der Waals surface area contributed by atoms with E-state index < -0.39 is 5.82 Å². The predicted octanol–water partition coefficient (Wildman–Crippen LogP) is 9.89. The molecule has 34 heavy (non-hydrogen) atoms. The van der Waals surface area contributed by atoms with Crippen molar-refractivity contribution in [2.75, 3.05) is 6.61 Å². The molecular formula is C31H38ClFO. The molecule has 0 aromatic heterocycles. The van der Waals surface area contributed by atoms with Crippen LogP contribution in [0.4, 0.5) is 4.39 Å². The van der Waals surface area contributed by atoms with Crippen molar-refractivity contribution in [3.63, 3.8) is 0 Å². The highest BCUT2D eigenvalue weighted by Crippen LogP contribution is 2.42. The number of hydrogen-bond acceptors (Lipinski definition) is 1. The first-order valence-corrected chi connectivity index (χ1v) is 13.5. The van der Waals surface area contributed by atoms with E-state index in [9.17, 15) is 4.39 Å². The van der Waals surface area contributed by atoms with Crippen molar-refractivity contribution in [2.24, 2.45) is 17.8 Å². The van der Waals surface area contributed by atoms with Gasteiger partial charge in [-0.05, 0) is 105 Å². The molecule has 0 aliphatic heterocycles. The van der Waals surface area contributed by atoms with Crippen LogP contribution >= 0.6 is 11.6 Å². The van der Waals surface area contributed by atoms with Crippen LogP contribution in [0, 0.1) is 23.6 Å². The molecule has 0 radical (unpaired) electrons. The number of rotatable bonds is 8. The molecule has 1 unspecified atom stereocenters. The zero-order valence-corrected chi connectivity index (χ0v) is 21.4. The second-order valence-electron chi connectivity index (χ2n) is 9.94. The maximum atomic E-state index is 14.8. The van der Waals surface area contributed by atoms with Gasteiger partial charge in [-0.15, -0.1) is 0 Å². The summed E-state index contributed by atoms with van der Waals surface area (Å²) in [4.78, 5) is 0. The molecule has 0 N–H and O–H groups in total. The number of benzene rings is 2. The number of hydrogen-bond donors (Lipinski definition) is 0. The lowest BCUT2D eigenvalue weighted by Gasteiger charge is -2.35. The monoisotopic (exact) mass is 480 g/mol. The fourth-order valence-electron chi connectivity index (χ4n) is 5.88. The van der Waals surface area contributed by atoms with Crippen molar-refractivity contribution >= 4 is 17.2 Å². The molecule has 0 saturated heterocycles. The molecule has 1 atom stereocenters. The molecule has 0 amide bonds. The third-order valence-electron chi connectivity index (χ3n) is 7.90. The van der Waals surface area contributed by atoms with Gasteiger partial charge >= 0.3 is 0 Å². The summed E-state index contributed by atoms with van der Waals surface area (Å²) in [5, 5.41) is 0.0521. The van der Waals surface area contributed by atoms with E-state index in [1.165, 1.54) is 62.5 Å². The molecule has 1 saturated carbocycles. The average Bonchev–Trinajstić information content (AvgIpc) is 2.88. The number of halogens is 2. The van der Waals surface area contributed by atoms with E-state index in [4.69, 9.17) is 16.3 Å². The van der Waals surface area contributed by atoms with Gasteiger partial charge in [0.2, 0.25) is 0 Å². The fraction of sp³-hybridized carbons (Fsp3) is 0.484. The van der Waals surface area contributed by atoms with Crippen molar-refractivity contribution in [1.82, 2.24) is 0 Å². The van der Waals surface area contributed by atoms with Gasteiger partial charge in [-0.3, -0.25) is 0 Å². The topological polar surface area (TPSA) is 9.23 Å². The van der Waals surface area contributed by atoms with Crippen LogP contribution < -0.4 is 4.74 Å². The van der Waals surface area contributed by atoms with Gasteiger partial charge in [0.15, 0.2) is 5.82 Å². The summed E-state index contributed by atoms with van der Waals surface area (Å²) in [5.41, 5.74) is 4.05. The van der Waals surface area contributed by atoms with E-state index in [0.29, 0.717) is 17.9 Å². The Labute approximate surface area is 210 Å². The van der Waals surface area contributed by atoms with Crippen LogP contribution in [0.1, 0.15) is 77.2 Å². The minimum absolute atomic E-state index is 0.0521. The standard InChI is InChI=1S/C31H38ClFO/c1-3-5-6-7-22-8-10-23(11-9-22)24-12-14-25(15-13-24)26-16-18-27(19-17-26)28-20-21-29(34-4-2)30(32)31(28)33/h3,5,14,16-24H,4,6-13,15H2,1-2H3/b5-3+. The zero-order chi connectivity index (χ0) is 23.9. The van der Waals surface area contributed by atoms with Crippen molar-refractivity contribution in [3.8, 4) is 16.9 Å². The Balaban J connectivity index is 1.35. The van der Waals surface area contributed by atoms with Gasteiger partial charge < -0.3 is 4.74 Å². The minimum Gasteiger partial charge on any atom is -0.492 e. The summed E-state index contributed by atoms with van der Waals surface area (Å²) in [6.07, 6.45) is 18.9. The highest BCUT2D eigenvalue weighted by molar-refractivity contribution is 6.32. The highest BCUT2D eigenvalue weighted by atomic mass is 35.5. The predicted molar refractivity (Wildman–Crippen MR) is 143 cm³/mol. The molecule has 1 nitrogen and oxygen atoms in total. The summed E-state index contributed by atoms with van der Waals surface area (Å²) >= 11 is 6.18. The summed E-state index contributed by atoms with van der Waals surface area (Å²) < 4.78 is 20.2. The Kier molecular flexibility index (Phi) is 8.89. The van der Waals surface area contributed by atoms with Crippen LogP contribution in [0.25, 0.3) is 16.7 Å². The first-order chi connectivity index (χ1) is 16.6. The van der Waals surface area contributed by atoms with E-state index in [1.807, 2.05) is 19.1 Å². The van der Waals surface area contributed by atoms with Crippen molar-refractivity contribution < 1.29 is 9.13 Å². The fourth-order valence-corrected chi connectivity index (χ4v) is 6.10. The molecule has 2 aliphatic carbocycles. The lowest BCUT2D eigenvalue weighted by Crippen LogP contribution is -2.23. The molecule has 1 fully saturated rings. The van der Waals surface area contributed by atoms with Gasteiger partial charge in [-0.2, -0.15) is 0 Å². The SMILES string of the molecule is C/C=C/CCC1CCC(C2CC=C(c3ccc(-c4ccc(OCC)c(Cl)c4F)cc3)CC2)CC1. The third kappa shape index (κ3) is 5.95. The molecule has 0 heterocycles. The lowest BCUT2D eigenvalue weighted by molar-refractivity contribution is 0.190. The maximum Gasteiger partial charge on any atom is 0.153 e. The largest absolute Gasteiger partial charge is 0.492 e. The molecule has 0 bridgehead atoms. The van der Waals surface area contributed by atoms with Crippen LogP contribution in [0.2, 0.25) is 5.02 Å². The van der Waals surface area contributed by atoms with E-state index in [1.54, 1.807) is 12.1 Å². The molecule has 2 aromatic carbocycles. The molecule has 3 heteroatoms. The van der Waals surface area contributed by atoms with Crippen molar-refractivity contribution in [1.29, 1.82) is 0 Å². The van der Waals surface area contributed by atoms with Crippen molar-refractivity contribution in [3.05, 3.63) is 71.0 Å². The molecule has 2 aliphatic rings. The molecule has 2 aromatic rings. The van der Waals surface area contributed by atoms with Crippen LogP contribution in [-0.2, 0) is 0 Å². The first-order valence-electron chi connectivity index (χ1n) is 13.1. The Morgan fingerprint density at radius 2 is 1.71 bits per heavy atom. The molecule has 4 rings (SSSR count). The summed E-state index contributed by atoms with van der Waals surface area (Å²) in [5.74, 6) is 2.67.